The number of halogens is 1. The number of aromatic nitrogens is 4. The lowest BCUT2D eigenvalue weighted by Gasteiger charge is -2.37. The van der Waals surface area contributed by atoms with Crippen molar-refractivity contribution in [1.29, 1.82) is 0 Å². The summed E-state index contributed by atoms with van der Waals surface area (Å²) in [6.45, 7) is 5.84. The third-order valence-electron chi connectivity index (χ3n) is 5.89. The van der Waals surface area contributed by atoms with Crippen LogP contribution in [0.4, 0.5) is 20.8 Å². The van der Waals surface area contributed by atoms with Crippen molar-refractivity contribution in [2.24, 2.45) is 5.73 Å². The van der Waals surface area contributed by atoms with E-state index in [1.807, 2.05) is 6.07 Å². The molecule has 4 N–H and O–H groups in total. The van der Waals surface area contributed by atoms with Gasteiger partial charge < -0.3 is 30.4 Å². The summed E-state index contributed by atoms with van der Waals surface area (Å²) >= 11 is 0. The summed E-state index contributed by atoms with van der Waals surface area (Å²) in [5, 5.41) is 6.07. The Kier molecular flexibility index (Phi) is 6.70. The van der Waals surface area contributed by atoms with E-state index in [4.69, 9.17) is 10.5 Å². The van der Waals surface area contributed by atoms with Crippen molar-refractivity contribution in [3.63, 3.8) is 0 Å². The molecule has 0 bridgehead atoms. The van der Waals surface area contributed by atoms with Gasteiger partial charge in [-0.15, -0.1) is 0 Å². The molecule has 192 valence electrons. The number of pyridine rings is 1. The Morgan fingerprint density at radius 1 is 1.22 bits per heavy atom. The van der Waals surface area contributed by atoms with Gasteiger partial charge in [-0.3, -0.25) is 4.79 Å². The molecule has 1 saturated heterocycles. The van der Waals surface area contributed by atoms with E-state index in [0.717, 1.165) is 5.56 Å². The number of anilines is 2. The number of rotatable bonds is 6. The SMILES string of the molecule is CNc1cc(-c2cn3cc(C(N)=O)nc3c(NCC3(F)CCN(C(=O)OC(C)(C)C)CC3)n2)ccn1. The molecule has 1 aliphatic heterocycles. The van der Waals surface area contributed by atoms with Gasteiger partial charge in [0.2, 0.25) is 0 Å². The molecule has 0 saturated carbocycles. The van der Waals surface area contributed by atoms with E-state index >= 15 is 4.39 Å². The third kappa shape index (κ3) is 5.64. The van der Waals surface area contributed by atoms with Gasteiger partial charge in [-0.25, -0.2) is 24.1 Å². The van der Waals surface area contributed by atoms with Gasteiger partial charge in [0.1, 0.15) is 22.8 Å². The lowest BCUT2D eigenvalue weighted by Crippen LogP contribution is -2.48. The van der Waals surface area contributed by atoms with Gasteiger partial charge in [0, 0.05) is 57.1 Å². The van der Waals surface area contributed by atoms with Gasteiger partial charge in [-0.1, -0.05) is 0 Å². The molecular weight excluding hydrogens is 467 g/mol. The number of ether oxygens (including phenoxy) is 1. The van der Waals surface area contributed by atoms with E-state index in [-0.39, 0.29) is 38.2 Å². The van der Waals surface area contributed by atoms with Crippen LogP contribution in [0.3, 0.4) is 0 Å². The molecule has 0 atom stereocenters. The number of nitrogens with two attached hydrogens (primary N) is 1. The molecule has 0 aromatic carbocycles. The Morgan fingerprint density at radius 3 is 2.58 bits per heavy atom. The first-order valence-electron chi connectivity index (χ1n) is 11.7. The topological polar surface area (TPSA) is 140 Å². The highest BCUT2D eigenvalue weighted by Crippen LogP contribution is 2.30. The first kappa shape index (κ1) is 25.1. The molecule has 2 amide bonds. The zero-order chi connectivity index (χ0) is 26.1. The van der Waals surface area contributed by atoms with E-state index in [9.17, 15) is 9.59 Å². The number of imidazole rings is 1. The van der Waals surface area contributed by atoms with Crippen molar-refractivity contribution in [1.82, 2.24) is 24.3 Å². The van der Waals surface area contributed by atoms with E-state index in [1.54, 1.807) is 50.7 Å². The smallest absolute Gasteiger partial charge is 0.410 e. The second kappa shape index (κ2) is 9.59. The van der Waals surface area contributed by atoms with Crippen molar-refractivity contribution in [3.8, 4) is 11.3 Å². The van der Waals surface area contributed by atoms with Gasteiger partial charge in [-0.05, 0) is 32.9 Å². The molecule has 0 unspecified atom stereocenters. The van der Waals surface area contributed by atoms with Crippen molar-refractivity contribution < 1.29 is 18.7 Å². The molecule has 4 heterocycles. The number of nitrogens with zero attached hydrogens (tertiary/aromatic N) is 5. The zero-order valence-corrected chi connectivity index (χ0v) is 20.8. The number of piperidine rings is 1. The van der Waals surface area contributed by atoms with Crippen LogP contribution in [0.1, 0.15) is 44.1 Å². The Morgan fingerprint density at radius 2 is 1.94 bits per heavy atom. The maximum absolute atomic E-state index is 15.7. The van der Waals surface area contributed by atoms with Gasteiger partial charge in [0.15, 0.2) is 11.5 Å². The van der Waals surface area contributed by atoms with Crippen LogP contribution in [-0.4, -0.2) is 74.2 Å². The van der Waals surface area contributed by atoms with E-state index < -0.39 is 23.3 Å². The fraction of sp³-hybridized carbons (Fsp3) is 0.458. The summed E-state index contributed by atoms with van der Waals surface area (Å²) in [4.78, 5) is 38.8. The zero-order valence-electron chi connectivity index (χ0n) is 20.8. The largest absolute Gasteiger partial charge is 0.444 e. The summed E-state index contributed by atoms with van der Waals surface area (Å²) < 4.78 is 22.7. The molecule has 0 aliphatic carbocycles. The van der Waals surface area contributed by atoms with Crippen molar-refractivity contribution >= 4 is 29.3 Å². The van der Waals surface area contributed by atoms with Crippen LogP contribution in [0.2, 0.25) is 0 Å². The minimum atomic E-state index is -1.57. The second-order valence-electron chi connectivity index (χ2n) is 9.85. The summed E-state index contributed by atoms with van der Waals surface area (Å²) in [6, 6.07) is 3.63. The Hall–Kier alpha value is -3.96. The predicted octanol–water partition coefficient (Wildman–Crippen LogP) is 3.08. The van der Waals surface area contributed by atoms with Crippen LogP contribution in [0.5, 0.6) is 0 Å². The molecule has 1 fully saturated rings. The molecule has 3 aromatic rings. The van der Waals surface area contributed by atoms with Crippen molar-refractivity contribution in [2.45, 2.75) is 44.9 Å². The lowest BCUT2D eigenvalue weighted by atomic mass is 9.93. The Balaban J connectivity index is 1.55. The third-order valence-corrected chi connectivity index (χ3v) is 5.89. The number of likely N-dealkylation sites (tertiary alicyclic amines) is 1. The summed E-state index contributed by atoms with van der Waals surface area (Å²) in [5.41, 5.74) is 5.02. The van der Waals surface area contributed by atoms with Gasteiger partial charge in [0.05, 0.1) is 12.2 Å². The molecule has 36 heavy (non-hydrogen) atoms. The Bertz CT molecular complexity index is 1280. The molecule has 0 spiro atoms. The number of hydrogen-bond acceptors (Lipinski definition) is 8. The quantitative estimate of drug-likeness (QED) is 0.471. The minimum Gasteiger partial charge on any atom is -0.444 e. The highest BCUT2D eigenvalue weighted by atomic mass is 19.1. The average Bonchev–Trinajstić information content (AvgIpc) is 3.27. The molecule has 0 radical (unpaired) electrons. The van der Waals surface area contributed by atoms with E-state index in [2.05, 4.69) is 25.6 Å². The van der Waals surface area contributed by atoms with Gasteiger partial charge in [0.25, 0.3) is 5.91 Å². The Labute approximate surface area is 208 Å². The second-order valence-corrected chi connectivity index (χ2v) is 9.85. The highest BCUT2D eigenvalue weighted by molar-refractivity contribution is 5.92. The van der Waals surface area contributed by atoms with Crippen LogP contribution in [-0.2, 0) is 4.74 Å². The normalized spacial score (nSPS) is 15.5. The van der Waals surface area contributed by atoms with Crippen LogP contribution < -0.4 is 16.4 Å². The van der Waals surface area contributed by atoms with E-state index in [0.29, 0.717) is 23.0 Å². The monoisotopic (exact) mass is 498 g/mol. The summed E-state index contributed by atoms with van der Waals surface area (Å²) in [6.07, 6.45) is 4.73. The number of hydrogen-bond donors (Lipinski definition) is 3. The lowest BCUT2D eigenvalue weighted by molar-refractivity contribution is 0.00574. The molecule has 3 aromatic heterocycles. The first-order valence-corrected chi connectivity index (χ1v) is 11.7. The minimum absolute atomic E-state index is 0.0435. The van der Waals surface area contributed by atoms with E-state index in [1.165, 1.54) is 11.1 Å². The predicted molar refractivity (Wildman–Crippen MR) is 134 cm³/mol. The number of fused-ring (bicyclic) bond motifs is 1. The van der Waals surface area contributed by atoms with Crippen LogP contribution >= 0.6 is 0 Å². The summed E-state index contributed by atoms with van der Waals surface area (Å²) in [5.74, 6) is 0.297. The van der Waals surface area contributed by atoms with Crippen molar-refractivity contribution in [2.75, 3.05) is 37.3 Å². The van der Waals surface area contributed by atoms with Gasteiger partial charge >= 0.3 is 6.09 Å². The maximum atomic E-state index is 15.7. The highest BCUT2D eigenvalue weighted by Gasteiger charge is 2.37. The molecule has 4 rings (SSSR count). The molecule has 12 heteroatoms. The molecular formula is C24H31FN8O3. The van der Waals surface area contributed by atoms with Gasteiger partial charge in [-0.2, -0.15) is 0 Å². The van der Waals surface area contributed by atoms with Crippen LogP contribution in [0, 0.1) is 0 Å². The van der Waals surface area contributed by atoms with Crippen molar-refractivity contribution in [3.05, 3.63) is 36.4 Å². The number of amides is 2. The first-order chi connectivity index (χ1) is 17.0. The molecule has 11 nitrogen and oxygen atoms in total. The maximum Gasteiger partial charge on any atom is 0.410 e. The molecule has 1 aliphatic rings. The number of nitrogens with one attached hydrogen (secondary N) is 2. The van der Waals surface area contributed by atoms with Crippen LogP contribution in [0.25, 0.3) is 16.9 Å². The average molecular weight is 499 g/mol. The number of carbonyl (C=O) groups excluding carboxylic acids is 2. The number of alkyl halides is 1. The number of primary amides is 1. The standard InChI is InChI=1S/C24H31FN8O3/c1-23(2,3)36-22(35)32-9-6-24(25,7-10-32)14-29-20-21-31-17(19(26)34)13-33(21)12-16(30-20)15-5-8-28-18(11-15)27-4/h5,8,11-13H,6-7,9-10,14H2,1-4H3,(H2,26,34)(H,27,28)(H,29,30). The fourth-order valence-corrected chi connectivity index (χ4v) is 3.94. The summed E-state index contributed by atoms with van der Waals surface area (Å²) in [7, 11) is 1.76. The number of carbonyl (C=O) groups is 2. The fourth-order valence-electron chi connectivity index (χ4n) is 3.94. The van der Waals surface area contributed by atoms with Crippen LogP contribution in [0.15, 0.2) is 30.7 Å².